The Morgan fingerprint density at radius 3 is 2.43 bits per heavy atom. The Balaban J connectivity index is 2.07. The van der Waals surface area contributed by atoms with Crippen molar-refractivity contribution in [1.29, 1.82) is 0 Å². The lowest BCUT2D eigenvalue weighted by molar-refractivity contribution is -0.172. The number of hydrogen-bond acceptors (Lipinski definition) is 7. The van der Waals surface area contributed by atoms with Gasteiger partial charge >= 0.3 is 17.6 Å². The van der Waals surface area contributed by atoms with Crippen LogP contribution < -0.4 is 10.4 Å². The lowest BCUT2D eigenvalue weighted by Gasteiger charge is -2.33. The molecule has 2 heterocycles. The third-order valence-electron chi connectivity index (χ3n) is 4.35. The molecule has 2 aromatic rings. The second-order valence-corrected chi connectivity index (χ2v) is 7.46. The van der Waals surface area contributed by atoms with Crippen LogP contribution in [-0.4, -0.2) is 23.6 Å². The van der Waals surface area contributed by atoms with Crippen molar-refractivity contribution in [2.45, 2.75) is 52.4 Å². The minimum atomic E-state index is -1.14. The van der Waals surface area contributed by atoms with E-state index in [9.17, 15) is 14.4 Å². The maximum atomic E-state index is 12.2. The molecule has 0 N–H and O–H groups in total. The normalized spacial score (nSPS) is 18.2. The van der Waals surface area contributed by atoms with E-state index in [0.717, 1.165) is 5.57 Å². The van der Waals surface area contributed by atoms with Gasteiger partial charge in [0.1, 0.15) is 16.9 Å². The highest BCUT2D eigenvalue weighted by Gasteiger charge is 2.49. The number of fused-ring (bicyclic) bond motifs is 3. The fourth-order valence-electron chi connectivity index (χ4n) is 3.25. The monoisotopic (exact) mass is 386 g/mol. The third-order valence-corrected chi connectivity index (χ3v) is 4.35. The average Bonchev–Trinajstić information content (AvgIpc) is 2.92. The minimum Gasteiger partial charge on any atom is -0.481 e. The van der Waals surface area contributed by atoms with Gasteiger partial charge in [0.05, 0.1) is 5.56 Å². The van der Waals surface area contributed by atoms with Crippen LogP contribution in [0.2, 0.25) is 0 Å². The predicted molar refractivity (Wildman–Crippen MR) is 101 cm³/mol. The van der Waals surface area contributed by atoms with Crippen LogP contribution in [-0.2, 0) is 19.1 Å². The first kappa shape index (κ1) is 19.7. The minimum absolute atomic E-state index is 0.283. The van der Waals surface area contributed by atoms with Gasteiger partial charge in [-0.15, -0.1) is 0 Å². The average molecular weight is 386 g/mol. The van der Waals surface area contributed by atoms with Crippen LogP contribution in [0.1, 0.15) is 46.3 Å². The number of esters is 2. The number of ether oxygens (including phenoxy) is 3. The molecule has 2 atom stereocenters. The summed E-state index contributed by atoms with van der Waals surface area (Å²) in [6, 6.07) is 6.39. The first-order valence-electron chi connectivity index (χ1n) is 8.87. The van der Waals surface area contributed by atoms with Crippen molar-refractivity contribution in [3.63, 3.8) is 0 Å². The van der Waals surface area contributed by atoms with Crippen LogP contribution in [0.25, 0.3) is 11.0 Å². The summed E-state index contributed by atoms with van der Waals surface area (Å²) in [5.41, 5.74) is -0.142. The number of allylic oxidation sites excluding steroid dienone is 1. The van der Waals surface area contributed by atoms with Crippen LogP contribution in [0, 0.1) is 0 Å². The maximum Gasteiger partial charge on any atom is 0.336 e. The highest BCUT2D eigenvalue weighted by Crippen LogP contribution is 2.47. The molecule has 0 saturated heterocycles. The summed E-state index contributed by atoms with van der Waals surface area (Å²) in [7, 11) is 0. The summed E-state index contributed by atoms with van der Waals surface area (Å²) >= 11 is 0. The molecule has 1 aromatic carbocycles. The molecule has 0 amide bonds. The number of rotatable bonds is 4. The quantitative estimate of drug-likeness (QED) is 0.451. The molecule has 0 fully saturated rings. The van der Waals surface area contributed by atoms with E-state index >= 15 is 0 Å². The second-order valence-electron chi connectivity index (χ2n) is 7.46. The Labute approximate surface area is 161 Å². The summed E-state index contributed by atoms with van der Waals surface area (Å²) in [6.07, 6.45) is -0.354. The molecule has 148 valence electrons. The zero-order valence-electron chi connectivity index (χ0n) is 16.4. The zero-order chi connectivity index (χ0) is 20.6. The lowest BCUT2D eigenvalue weighted by Crippen LogP contribution is -2.46. The largest absolute Gasteiger partial charge is 0.481 e. The first-order chi connectivity index (χ1) is 13.1. The predicted octanol–water partition coefficient (Wildman–Crippen LogP) is 3.45. The molecule has 7 heteroatoms. The van der Waals surface area contributed by atoms with Gasteiger partial charge in [-0.05, 0) is 45.9 Å². The molecule has 0 spiro atoms. The Hall–Kier alpha value is -3.09. The van der Waals surface area contributed by atoms with Gasteiger partial charge in [0, 0.05) is 24.5 Å². The topological polar surface area (TPSA) is 92.0 Å². The Morgan fingerprint density at radius 1 is 1.11 bits per heavy atom. The third kappa shape index (κ3) is 3.78. The molecular weight excluding hydrogens is 364 g/mol. The van der Waals surface area contributed by atoms with Gasteiger partial charge in [0.2, 0.25) is 0 Å². The molecule has 1 aliphatic rings. The smallest absolute Gasteiger partial charge is 0.336 e. The first-order valence-corrected chi connectivity index (χ1v) is 8.87. The number of carbonyl (C=O) groups excluding carboxylic acids is 2. The van der Waals surface area contributed by atoms with E-state index in [1.54, 1.807) is 45.9 Å². The van der Waals surface area contributed by atoms with Gasteiger partial charge < -0.3 is 18.6 Å². The fourth-order valence-corrected chi connectivity index (χ4v) is 3.25. The van der Waals surface area contributed by atoms with E-state index in [2.05, 4.69) is 0 Å². The van der Waals surface area contributed by atoms with Crippen LogP contribution in [0.15, 0.2) is 45.1 Å². The summed E-state index contributed by atoms with van der Waals surface area (Å²) in [4.78, 5) is 35.7. The van der Waals surface area contributed by atoms with Gasteiger partial charge in [-0.1, -0.05) is 5.57 Å². The molecule has 0 radical (unpaired) electrons. The van der Waals surface area contributed by atoms with Crippen molar-refractivity contribution in [1.82, 2.24) is 0 Å². The van der Waals surface area contributed by atoms with Gasteiger partial charge in [-0.3, -0.25) is 4.79 Å². The molecule has 28 heavy (non-hydrogen) atoms. The van der Waals surface area contributed by atoms with E-state index in [-0.39, 0.29) is 5.58 Å². The Bertz CT molecular complexity index is 1020. The van der Waals surface area contributed by atoms with Crippen molar-refractivity contribution in [2.24, 2.45) is 0 Å². The van der Waals surface area contributed by atoms with Crippen molar-refractivity contribution in [2.75, 3.05) is 0 Å². The van der Waals surface area contributed by atoms with E-state index in [1.807, 2.05) is 0 Å². The van der Waals surface area contributed by atoms with Crippen LogP contribution >= 0.6 is 0 Å². The number of hydrogen-bond donors (Lipinski definition) is 0. The van der Waals surface area contributed by atoms with E-state index in [0.29, 0.717) is 16.7 Å². The Kier molecular flexibility index (Phi) is 5.02. The van der Waals surface area contributed by atoms with Crippen molar-refractivity contribution in [3.8, 4) is 5.75 Å². The van der Waals surface area contributed by atoms with Crippen LogP contribution in [0.3, 0.4) is 0 Å². The highest BCUT2D eigenvalue weighted by molar-refractivity contribution is 5.84. The molecule has 3 rings (SSSR count). The molecule has 0 saturated carbocycles. The van der Waals surface area contributed by atoms with E-state index in [1.165, 1.54) is 19.1 Å². The van der Waals surface area contributed by atoms with Crippen molar-refractivity contribution >= 4 is 22.9 Å². The molecule has 1 aliphatic heterocycles. The zero-order valence-corrected chi connectivity index (χ0v) is 16.4. The van der Waals surface area contributed by atoms with E-state index in [4.69, 9.17) is 18.6 Å². The fraction of sp³-hybridized carbons (Fsp3) is 0.381. The van der Waals surface area contributed by atoms with Gasteiger partial charge in [-0.2, -0.15) is 0 Å². The Morgan fingerprint density at radius 2 is 1.79 bits per heavy atom. The summed E-state index contributed by atoms with van der Waals surface area (Å²) in [5.74, 6) is -0.653. The van der Waals surface area contributed by atoms with Gasteiger partial charge in [0.25, 0.3) is 0 Å². The molecular formula is C21H22O7. The number of carbonyl (C=O) groups is 2. The standard InChI is InChI=1S/C21H22O7/c1-11(2)10-16(24)28-21(4,5)20-19(25-12(3)22)17-14(26-20)8-6-13-7-9-15(23)27-18(13)17/h6-10,19-20H,1-5H3/t19-,20-/m1/s1. The van der Waals surface area contributed by atoms with Crippen LogP contribution in [0.4, 0.5) is 0 Å². The SMILES string of the molecule is CC(=O)O[C@@H]1c2c(ccc3ccc(=O)oc23)O[C@H]1C(C)(C)OC(=O)C=C(C)C. The lowest BCUT2D eigenvalue weighted by atomic mass is 9.93. The van der Waals surface area contributed by atoms with Gasteiger partial charge in [-0.25, -0.2) is 9.59 Å². The summed E-state index contributed by atoms with van der Waals surface area (Å²) in [5, 5.41) is 0.666. The van der Waals surface area contributed by atoms with Crippen LogP contribution in [0.5, 0.6) is 5.75 Å². The molecule has 0 aliphatic carbocycles. The molecule has 0 bridgehead atoms. The molecule has 1 aromatic heterocycles. The highest BCUT2D eigenvalue weighted by atomic mass is 16.6. The second kappa shape index (κ2) is 7.14. The molecule has 7 nitrogen and oxygen atoms in total. The van der Waals surface area contributed by atoms with E-state index < -0.39 is 35.4 Å². The maximum absolute atomic E-state index is 12.2. The summed E-state index contributed by atoms with van der Waals surface area (Å²) < 4.78 is 22.5. The van der Waals surface area contributed by atoms with Crippen molar-refractivity contribution < 1.29 is 28.2 Å². The molecule has 0 unspecified atom stereocenters. The van der Waals surface area contributed by atoms with Gasteiger partial charge in [0.15, 0.2) is 12.2 Å². The summed E-state index contributed by atoms with van der Waals surface area (Å²) in [6.45, 7) is 8.20. The van der Waals surface area contributed by atoms with Crippen molar-refractivity contribution in [3.05, 3.63) is 51.9 Å². The number of benzene rings is 1.